The van der Waals surface area contributed by atoms with Gasteiger partial charge in [-0.15, -0.1) is 0 Å². The van der Waals surface area contributed by atoms with Gasteiger partial charge in [-0.05, 0) is 25.0 Å². The first-order valence-corrected chi connectivity index (χ1v) is 5.62. The predicted octanol–water partition coefficient (Wildman–Crippen LogP) is 1.84. The molecule has 1 heterocycles. The molecule has 1 unspecified atom stereocenters. The van der Waals surface area contributed by atoms with Crippen LogP contribution in [0.25, 0.3) is 0 Å². The summed E-state index contributed by atoms with van der Waals surface area (Å²) in [5.41, 5.74) is 8.02. The van der Waals surface area contributed by atoms with E-state index in [4.69, 9.17) is 10.5 Å². The topological polar surface area (TPSA) is 47.3 Å². The van der Waals surface area contributed by atoms with Gasteiger partial charge in [-0.3, -0.25) is 0 Å². The molecule has 3 nitrogen and oxygen atoms in total. The molecular weight excluding hydrogens is 188 g/mol. The van der Waals surface area contributed by atoms with E-state index in [1.807, 2.05) is 18.2 Å². The highest BCUT2D eigenvalue weighted by atomic mass is 16.5. The Kier molecular flexibility index (Phi) is 2.06. The third-order valence-electron chi connectivity index (χ3n) is 3.13. The molecule has 80 valence electrons. The minimum absolute atomic E-state index is 0.391. The molecule has 15 heavy (non-hydrogen) atoms. The molecule has 1 aliphatic carbocycles. The monoisotopic (exact) mass is 204 g/mol. The molecule has 1 aliphatic heterocycles. The lowest BCUT2D eigenvalue weighted by atomic mass is 9.98. The zero-order chi connectivity index (χ0) is 10.3. The SMILES string of the molecule is Nc1cccc2c1C(NC1CC1)CCO2. The second-order valence-corrected chi connectivity index (χ2v) is 4.39. The molecule has 0 radical (unpaired) electrons. The van der Waals surface area contributed by atoms with E-state index in [0.717, 1.165) is 30.0 Å². The number of nitrogens with two attached hydrogens (primary N) is 1. The first-order chi connectivity index (χ1) is 7.34. The molecule has 1 fully saturated rings. The third-order valence-corrected chi connectivity index (χ3v) is 3.13. The average Bonchev–Trinajstić information content (AvgIpc) is 3.02. The van der Waals surface area contributed by atoms with Gasteiger partial charge in [0.05, 0.1) is 6.61 Å². The molecule has 0 saturated heterocycles. The zero-order valence-electron chi connectivity index (χ0n) is 8.70. The van der Waals surface area contributed by atoms with Crippen molar-refractivity contribution >= 4 is 5.69 Å². The Labute approximate surface area is 89.6 Å². The Morgan fingerprint density at radius 1 is 1.27 bits per heavy atom. The number of hydrogen-bond donors (Lipinski definition) is 2. The highest BCUT2D eigenvalue weighted by Gasteiger charge is 2.29. The van der Waals surface area contributed by atoms with Crippen LogP contribution in [0.1, 0.15) is 30.9 Å². The van der Waals surface area contributed by atoms with E-state index in [1.165, 1.54) is 12.8 Å². The van der Waals surface area contributed by atoms with E-state index in [1.54, 1.807) is 0 Å². The van der Waals surface area contributed by atoms with Gasteiger partial charge < -0.3 is 15.8 Å². The fraction of sp³-hybridized carbons (Fsp3) is 0.500. The summed E-state index contributed by atoms with van der Waals surface area (Å²) in [6, 6.07) is 7.01. The zero-order valence-corrected chi connectivity index (χ0v) is 8.70. The number of fused-ring (bicyclic) bond motifs is 1. The van der Waals surface area contributed by atoms with Gasteiger partial charge in [0.1, 0.15) is 5.75 Å². The predicted molar refractivity (Wildman–Crippen MR) is 59.9 cm³/mol. The molecule has 0 amide bonds. The first-order valence-electron chi connectivity index (χ1n) is 5.62. The van der Waals surface area contributed by atoms with E-state index in [9.17, 15) is 0 Å². The molecule has 3 heteroatoms. The number of anilines is 1. The molecule has 1 atom stereocenters. The summed E-state index contributed by atoms with van der Waals surface area (Å²) >= 11 is 0. The average molecular weight is 204 g/mol. The summed E-state index contributed by atoms with van der Waals surface area (Å²) in [6.07, 6.45) is 3.64. The number of nitrogens with one attached hydrogen (secondary N) is 1. The molecule has 0 spiro atoms. The lowest BCUT2D eigenvalue weighted by Crippen LogP contribution is -2.29. The van der Waals surface area contributed by atoms with Crippen LogP contribution < -0.4 is 15.8 Å². The lowest BCUT2D eigenvalue weighted by Gasteiger charge is -2.28. The molecule has 3 N–H and O–H groups in total. The highest BCUT2D eigenvalue weighted by molar-refractivity contribution is 5.56. The Bertz CT molecular complexity index is 374. The van der Waals surface area contributed by atoms with Crippen molar-refractivity contribution in [2.45, 2.75) is 31.3 Å². The second-order valence-electron chi connectivity index (χ2n) is 4.39. The number of ether oxygens (including phenoxy) is 1. The van der Waals surface area contributed by atoms with E-state index in [2.05, 4.69) is 5.32 Å². The first kappa shape index (κ1) is 9.04. The second kappa shape index (κ2) is 3.42. The third kappa shape index (κ3) is 1.67. The quantitative estimate of drug-likeness (QED) is 0.723. The number of rotatable bonds is 2. The van der Waals surface area contributed by atoms with Gasteiger partial charge in [0, 0.05) is 29.8 Å². The van der Waals surface area contributed by atoms with Crippen molar-refractivity contribution in [1.82, 2.24) is 5.32 Å². The molecule has 1 saturated carbocycles. The van der Waals surface area contributed by atoms with Crippen LogP contribution in [-0.4, -0.2) is 12.6 Å². The van der Waals surface area contributed by atoms with Gasteiger partial charge in [0.25, 0.3) is 0 Å². The van der Waals surface area contributed by atoms with Crippen molar-refractivity contribution in [2.24, 2.45) is 0 Å². The Hall–Kier alpha value is -1.22. The van der Waals surface area contributed by atoms with Gasteiger partial charge in [-0.1, -0.05) is 6.07 Å². The summed E-state index contributed by atoms with van der Waals surface area (Å²) in [6.45, 7) is 0.792. The molecule has 1 aromatic carbocycles. The summed E-state index contributed by atoms with van der Waals surface area (Å²) in [4.78, 5) is 0. The van der Waals surface area contributed by atoms with Crippen LogP contribution in [0.3, 0.4) is 0 Å². The van der Waals surface area contributed by atoms with Crippen LogP contribution in [-0.2, 0) is 0 Å². The number of benzene rings is 1. The molecule has 3 rings (SSSR count). The molecule has 0 bridgehead atoms. The smallest absolute Gasteiger partial charge is 0.126 e. The maximum Gasteiger partial charge on any atom is 0.126 e. The van der Waals surface area contributed by atoms with Gasteiger partial charge >= 0.3 is 0 Å². The minimum Gasteiger partial charge on any atom is -0.493 e. The van der Waals surface area contributed by atoms with E-state index >= 15 is 0 Å². The van der Waals surface area contributed by atoms with Gasteiger partial charge in [0.15, 0.2) is 0 Å². The maximum absolute atomic E-state index is 6.01. The molecule has 2 aliphatic rings. The molecule has 1 aromatic rings. The number of nitrogen functional groups attached to an aromatic ring is 1. The van der Waals surface area contributed by atoms with E-state index in [0.29, 0.717) is 12.1 Å². The van der Waals surface area contributed by atoms with Crippen molar-refractivity contribution in [3.8, 4) is 5.75 Å². The summed E-state index contributed by atoms with van der Waals surface area (Å²) in [5.74, 6) is 0.958. The number of hydrogen-bond acceptors (Lipinski definition) is 3. The van der Waals surface area contributed by atoms with Crippen molar-refractivity contribution in [1.29, 1.82) is 0 Å². The van der Waals surface area contributed by atoms with Gasteiger partial charge in [-0.2, -0.15) is 0 Å². The van der Waals surface area contributed by atoms with E-state index < -0.39 is 0 Å². The van der Waals surface area contributed by atoms with Crippen molar-refractivity contribution in [2.75, 3.05) is 12.3 Å². The fourth-order valence-corrected chi connectivity index (χ4v) is 2.19. The van der Waals surface area contributed by atoms with E-state index in [-0.39, 0.29) is 0 Å². The molecule has 0 aromatic heterocycles. The van der Waals surface area contributed by atoms with Crippen molar-refractivity contribution in [3.05, 3.63) is 23.8 Å². The summed E-state index contributed by atoms with van der Waals surface area (Å²) in [5, 5.41) is 3.63. The Morgan fingerprint density at radius 3 is 2.93 bits per heavy atom. The van der Waals surface area contributed by atoms with Gasteiger partial charge in [0.2, 0.25) is 0 Å². The van der Waals surface area contributed by atoms with Crippen LogP contribution in [0.2, 0.25) is 0 Å². The van der Waals surface area contributed by atoms with Gasteiger partial charge in [-0.25, -0.2) is 0 Å². The fourth-order valence-electron chi connectivity index (χ4n) is 2.19. The van der Waals surface area contributed by atoms with Crippen LogP contribution in [0.5, 0.6) is 5.75 Å². The Morgan fingerprint density at radius 2 is 2.13 bits per heavy atom. The minimum atomic E-state index is 0.391. The summed E-state index contributed by atoms with van der Waals surface area (Å²) in [7, 11) is 0. The van der Waals surface area contributed by atoms with Crippen molar-refractivity contribution < 1.29 is 4.74 Å². The van der Waals surface area contributed by atoms with Crippen LogP contribution in [0, 0.1) is 0 Å². The van der Waals surface area contributed by atoms with Crippen LogP contribution in [0.4, 0.5) is 5.69 Å². The summed E-state index contributed by atoms with van der Waals surface area (Å²) < 4.78 is 5.62. The van der Waals surface area contributed by atoms with Crippen LogP contribution in [0.15, 0.2) is 18.2 Å². The normalized spacial score (nSPS) is 24.4. The standard InChI is InChI=1S/C12H16N2O/c13-9-2-1-3-11-12(9)10(6-7-15-11)14-8-4-5-8/h1-3,8,10,14H,4-7,13H2. The van der Waals surface area contributed by atoms with Crippen molar-refractivity contribution in [3.63, 3.8) is 0 Å². The highest BCUT2D eigenvalue weighted by Crippen LogP contribution is 2.37. The molecular formula is C12H16N2O. The maximum atomic E-state index is 6.01. The van der Waals surface area contributed by atoms with Crippen LogP contribution >= 0.6 is 0 Å². The largest absolute Gasteiger partial charge is 0.493 e. The lowest BCUT2D eigenvalue weighted by molar-refractivity contribution is 0.253. The Balaban J connectivity index is 1.93.